The third-order valence-corrected chi connectivity index (χ3v) is 5.46. The number of rotatable bonds is 6. The lowest BCUT2D eigenvalue weighted by Gasteiger charge is -2.33. The second-order valence-electron chi connectivity index (χ2n) is 7.38. The number of likely N-dealkylation sites (tertiary alicyclic amines) is 1. The van der Waals surface area contributed by atoms with Crippen molar-refractivity contribution >= 4 is 6.03 Å². The van der Waals surface area contributed by atoms with Crippen LogP contribution in [0.15, 0.2) is 24.5 Å². The lowest BCUT2D eigenvalue weighted by molar-refractivity contribution is 0.162. The molecule has 0 bridgehead atoms. The van der Waals surface area contributed by atoms with E-state index < -0.39 is 6.10 Å². The van der Waals surface area contributed by atoms with Crippen molar-refractivity contribution in [1.29, 1.82) is 0 Å². The molecule has 1 aliphatic carbocycles. The van der Waals surface area contributed by atoms with Crippen LogP contribution in [0.1, 0.15) is 50.2 Å². The summed E-state index contributed by atoms with van der Waals surface area (Å²) in [5, 5.41) is 15.9. The molecular formula is C19H30N4O2. The van der Waals surface area contributed by atoms with Gasteiger partial charge in [0, 0.05) is 44.6 Å². The molecule has 0 radical (unpaired) electrons. The Morgan fingerprint density at radius 2 is 1.88 bits per heavy atom. The molecule has 0 aromatic carbocycles. The summed E-state index contributed by atoms with van der Waals surface area (Å²) in [6, 6.07) is 3.55. The molecule has 1 aromatic rings. The first-order valence-electron chi connectivity index (χ1n) is 9.55. The van der Waals surface area contributed by atoms with Crippen molar-refractivity contribution in [2.45, 2.75) is 50.7 Å². The van der Waals surface area contributed by atoms with Crippen LogP contribution in [0.25, 0.3) is 0 Å². The van der Waals surface area contributed by atoms with Crippen molar-refractivity contribution in [3.63, 3.8) is 0 Å². The topological polar surface area (TPSA) is 77.5 Å². The number of aliphatic hydroxyl groups is 1. The summed E-state index contributed by atoms with van der Waals surface area (Å²) in [6.07, 6.45) is 10.2. The SMILES string of the molecule is O=C(NCC(O)c1ccncc1)NC1CCN(CC2CCCC2)CC1. The Bertz CT molecular complexity index is 525. The highest BCUT2D eigenvalue weighted by Crippen LogP contribution is 2.26. The van der Waals surface area contributed by atoms with E-state index in [1.165, 1.54) is 32.2 Å². The van der Waals surface area contributed by atoms with Gasteiger partial charge in [0.25, 0.3) is 0 Å². The van der Waals surface area contributed by atoms with E-state index in [4.69, 9.17) is 0 Å². The molecule has 2 aliphatic rings. The molecule has 1 atom stereocenters. The fourth-order valence-electron chi connectivity index (χ4n) is 3.95. The van der Waals surface area contributed by atoms with E-state index >= 15 is 0 Å². The van der Waals surface area contributed by atoms with Gasteiger partial charge in [0.05, 0.1) is 6.10 Å². The molecule has 2 amide bonds. The average Bonchev–Trinajstić information content (AvgIpc) is 3.15. The zero-order chi connectivity index (χ0) is 17.5. The molecule has 3 rings (SSSR count). The lowest BCUT2D eigenvalue weighted by Crippen LogP contribution is -2.49. The Morgan fingerprint density at radius 1 is 1.20 bits per heavy atom. The molecule has 3 N–H and O–H groups in total. The molecule has 6 nitrogen and oxygen atoms in total. The quantitative estimate of drug-likeness (QED) is 0.737. The fraction of sp³-hybridized carbons (Fsp3) is 0.684. The Kier molecular flexibility index (Phi) is 6.64. The normalized spacial score (nSPS) is 21.2. The number of pyridine rings is 1. The minimum Gasteiger partial charge on any atom is -0.387 e. The second kappa shape index (κ2) is 9.15. The van der Waals surface area contributed by atoms with Crippen LogP contribution in [0, 0.1) is 5.92 Å². The molecule has 25 heavy (non-hydrogen) atoms. The first-order chi connectivity index (χ1) is 12.2. The van der Waals surface area contributed by atoms with E-state index in [1.807, 2.05) is 0 Å². The van der Waals surface area contributed by atoms with Crippen molar-refractivity contribution in [2.75, 3.05) is 26.2 Å². The van der Waals surface area contributed by atoms with Crippen LogP contribution in [0.3, 0.4) is 0 Å². The minimum absolute atomic E-state index is 0.192. The zero-order valence-electron chi connectivity index (χ0n) is 14.9. The van der Waals surface area contributed by atoms with Crippen LogP contribution in [0.2, 0.25) is 0 Å². The van der Waals surface area contributed by atoms with Gasteiger partial charge in [-0.05, 0) is 49.3 Å². The maximum Gasteiger partial charge on any atom is 0.315 e. The van der Waals surface area contributed by atoms with E-state index in [2.05, 4.69) is 20.5 Å². The zero-order valence-corrected chi connectivity index (χ0v) is 14.9. The summed E-state index contributed by atoms with van der Waals surface area (Å²) >= 11 is 0. The number of nitrogens with zero attached hydrogens (tertiary/aromatic N) is 2. The summed E-state index contributed by atoms with van der Waals surface area (Å²) in [5.41, 5.74) is 0.760. The first-order valence-corrected chi connectivity index (χ1v) is 9.55. The van der Waals surface area contributed by atoms with Crippen molar-refractivity contribution in [3.05, 3.63) is 30.1 Å². The Balaban J connectivity index is 1.32. The van der Waals surface area contributed by atoms with E-state index in [0.29, 0.717) is 0 Å². The van der Waals surface area contributed by atoms with Crippen LogP contribution < -0.4 is 10.6 Å². The van der Waals surface area contributed by atoms with E-state index in [9.17, 15) is 9.90 Å². The third-order valence-electron chi connectivity index (χ3n) is 5.46. The predicted octanol–water partition coefficient (Wildman–Crippen LogP) is 2.07. The number of carbonyl (C=O) groups is 1. The Morgan fingerprint density at radius 3 is 2.56 bits per heavy atom. The van der Waals surface area contributed by atoms with Gasteiger partial charge in [-0.3, -0.25) is 4.98 Å². The summed E-state index contributed by atoms with van der Waals surface area (Å²) in [5.74, 6) is 0.891. The number of aromatic nitrogens is 1. The maximum atomic E-state index is 12.0. The largest absolute Gasteiger partial charge is 0.387 e. The molecule has 1 saturated carbocycles. The molecule has 6 heteroatoms. The number of amides is 2. The molecule has 1 saturated heterocycles. The Hall–Kier alpha value is -1.66. The third kappa shape index (κ3) is 5.68. The van der Waals surface area contributed by atoms with E-state index in [0.717, 1.165) is 37.4 Å². The van der Waals surface area contributed by atoms with Crippen molar-refractivity contribution in [1.82, 2.24) is 20.5 Å². The van der Waals surface area contributed by atoms with Crippen molar-refractivity contribution in [2.24, 2.45) is 5.92 Å². The number of piperidine rings is 1. The summed E-state index contributed by atoms with van der Waals surface area (Å²) in [7, 11) is 0. The van der Waals surface area contributed by atoms with Gasteiger partial charge in [-0.25, -0.2) is 4.79 Å². The summed E-state index contributed by atoms with van der Waals surface area (Å²) in [4.78, 5) is 18.5. The van der Waals surface area contributed by atoms with Crippen LogP contribution in [0.5, 0.6) is 0 Å². The summed E-state index contributed by atoms with van der Waals surface area (Å²) < 4.78 is 0. The summed E-state index contributed by atoms with van der Waals surface area (Å²) in [6.45, 7) is 3.58. The Labute approximate surface area is 150 Å². The number of nitrogens with one attached hydrogen (secondary N) is 2. The standard InChI is InChI=1S/C19H30N4O2/c24-18(16-5-9-20-10-6-16)13-21-19(25)22-17-7-11-23(12-8-17)14-15-3-1-2-4-15/h5-6,9-10,15,17-18,24H,1-4,7-8,11-14H2,(H2,21,22,25). The van der Waals surface area contributed by atoms with Crippen LogP contribution >= 0.6 is 0 Å². The average molecular weight is 346 g/mol. The van der Waals surface area contributed by atoms with Crippen LogP contribution in [-0.2, 0) is 0 Å². The fourth-order valence-corrected chi connectivity index (χ4v) is 3.95. The molecule has 2 fully saturated rings. The number of hydrogen-bond acceptors (Lipinski definition) is 4. The smallest absolute Gasteiger partial charge is 0.315 e. The molecule has 1 aromatic heterocycles. The van der Waals surface area contributed by atoms with E-state index in [1.54, 1.807) is 24.5 Å². The highest BCUT2D eigenvalue weighted by molar-refractivity contribution is 5.74. The second-order valence-corrected chi connectivity index (χ2v) is 7.38. The molecule has 138 valence electrons. The predicted molar refractivity (Wildman–Crippen MR) is 97.2 cm³/mol. The number of carbonyl (C=O) groups excluding carboxylic acids is 1. The highest BCUT2D eigenvalue weighted by atomic mass is 16.3. The van der Waals surface area contributed by atoms with Gasteiger partial charge >= 0.3 is 6.03 Å². The first kappa shape index (κ1) is 18.1. The minimum atomic E-state index is -0.706. The highest BCUT2D eigenvalue weighted by Gasteiger charge is 2.24. The number of aliphatic hydroxyl groups excluding tert-OH is 1. The number of hydrogen-bond donors (Lipinski definition) is 3. The van der Waals surface area contributed by atoms with Crippen molar-refractivity contribution < 1.29 is 9.90 Å². The van der Waals surface area contributed by atoms with Gasteiger partial charge in [-0.15, -0.1) is 0 Å². The monoisotopic (exact) mass is 346 g/mol. The molecule has 2 heterocycles. The van der Waals surface area contributed by atoms with Crippen molar-refractivity contribution in [3.8, 4) is 0 Å². The van der Waals surface area contributed by atoms with Gasteiger partial charge in [-0.1, -0.05) is 12.8 Å². The van der Waals surface area contributed by atoms with Gasteiger partial charge in [0.1, 0.15) is 0 Å². The molecule has 1 aliphatic heterocycles. The van der Waals surface area contributed by atoms with Crippen LogP contribution in [0.4, 0.5) is 4.79 Å². The van der Waals surface area contributed by atoms with Gasteiger partial charge in [0.2, 0.25) is 0 Å². The van der Waals surface area contributed by atoms with Crippen LogP contribution in [-0.4, -0.2) is 53.2 Å². The van der Waals surface area contributed by atoms with Gasteiger partial charge in [-0.2, -0.15) is 0 Å². The van der Waals surface area contributed by atoms with Gasteiger partial charge < -0.3 is 20.6 Å². The molecule has 1 unspecified atom stereocenters. The molecule has 0 spiro atoms. The lowest BCUT2D eigenvalue weighted by atomic mass is 10.0. The van der Waals surface area contributed by atoms with E-state index in [-0.39, 0.29) is 18.6 Å². The molecular weight excluding hydrogens is 316 g/mol. The maximum absolute atomic E-state index is 12.0. The van der Waals surface area contributed by atoms with Gasteiger partial charge in [0.15, 0.2) is 0 Å². The number of urea groups is 1.